The minimum atomic E-state index is -1.37. The van der Waals surface area contributed by atoms with Crippen LogP contribution in [0, 0.1) is 11.8 Å². The van der Waals surface area contributed by atoms with Gasteiger partial charge in [0.25, 0.3) is 0 Å². The highest BCUT2D eigenvalue weighted by Crippen LogP contribution is 2.32. The fourth-order valence-electron chi connectivity index (χ4n) is 3.23. The molecule has 1 heterocycles. The minimum absolute atomic E-state index is 0.0785. The number of nitrogens with zero attached hydrogens (tertiary/aromatic N) is 3. The summed E-state index contributed by atoms with van der Waals surface area (Å²) in [7, 11) is 0. The average molecular weight is 415 g/mol. The molecule has 0 spiro atoms. The van der Waals surface area contributed by atoms with Crippen LogP contribution >= 0.6 is 15.9 Å². The molecule has 1 saturated carbocycles. The van der Waals surface area contributed by atoms with Crippen molar-refractivity contribution in [3.63, 3.8) is 0 Å². The van der Waals surface area contributed by atoms with Crippen LogP contribution in [0.1, 0.15) is 25.7 Å². The van der Waals surface area contributed by atoms with Gasteiger partial charge in [-0.25, -0.2) is 17.9 Å². The zero-order valence-electron chi connectivity index (χ0n) is 13.5. The van der Waals surface area contributed by atoms with Crippen molar-refractivity contribution in [2.24, 2.45) is 11.8 Å². The van der Waals surface area contributed by atoms with Crippen molar-refractivity contribution in [2.75, 3.05) is 6.54 Å². The van der Waals surface area contributed by atoms with Crippen molar-refractivity contribution in [3.05, 3.63) is 34.3 Å². The topological polar surface area (TPSA) is 42.7 Å². The number of rotatable bonds is 5. The number of halogens is 4. The average Bonchev–Trinajstić information content (AvgIpc) is 3.32. The molecular weight excluding hydrogens is 397 g/mol. The van der Waals surface area contributed by atoms with E-state index in [0.29, 0.717) is 12.3 Å². The molecule has 4 nitrogen and oxygen atoms in total. The van der Waals surface area contributed by atoms with Crippen LogP contribution in [0.2, 0.25) is 0 Å². The van der Waals surface area contributed by atoms with Gasteiger partial charge in [0, 0.05) is 29.5 Å². The molecule has 25 heavy (non-hydrogen) atoms. The first kappa shape index (κ1) is 17.0. The van der Waals surface area contributed by atoms with Crippen LogP contribution in [-0.2, 0) is 6.54 Å². The molecule has 3 aliphatic rings. The van der Waals surface area contributed by atoms with Gasteiger partial charge in [-0.3, -0.25) is 0 Å². The van der Waals surface area contributed by atoms with E-state index in [0.717, 1.165) is 27.8 Å². The van der Waals surface area contributed by atoms with Gasteiger partial charge in [0.05, 0.1) is 5.35 Å². The predicted octanol–water partition coefficient (Wildman–Crippen LogP) is 2.36. The number of aromatic nitrogens is 3. The second-order valence-corrected chi connectivity index (χ2v) is 7.70. The summed E-state index contributed by atoms with van der Waals surface area (Å²) in [6, 6.07) is -0.0785. The summed E-state index contributed by atoms with van der Waals surface area (Å²) in [6.07, 6.45) is 6.52. The number of fused-ring (bicyclic) bond motifs is 1. The van der Waals surface area contributed by atoms with E-state index in [4.69, 9.17) is 0 Å². The molecule has 134 valence electrons. The van der Waals surface area contributed by atoms with Crippen LogP contribution in [0.15, 0.2) is 23.6 Å². The Hall–Kier alpha value is -1.41. The third-order valence-electron chi connectivity index (χ3n) is 4.95. The van der Waals surface area contributed by atoms with Crippen molar-refractivity contribution in [1.29, 1.82) is 0 Å². The van der Waals surface area contributed by atoms with E-state index in [1.807, 2.05) is 4.68 Å². The molecule has 3 aliphatic carbocycles. The van der Waals surface area contributed by atoms with Crippen LogP contribution in [-0.4, -0.2) is 27.6 Å². The summed E-state index contributed by atoms with van der Waals surface area (Å²) >= 11 is 3.58. The zero-order valence-corrected chi connectivity index (χ0v) is 15.1. The molecule has 4 rings (SSSR count). The predicted molar refractivity (Wildman–Crippen MR) is 91.7 cm³/mol. The summed E-state index contributed by atoms with van der Waals surface area (Å²) in [6.45, 7) is 1.12. The van der Waals surface area contributed by atoms with E-state index in [-0.39, 0.29) is 19.0 Å². The van der Waals surface area contributed by atoms with Gasteiger partial charge >= 0.3 is 0 Å². The number of hydrogen-bond donors (Lipinski definition) is 1. The molecule has 1 aromatic heterocycles. The molecule has 1 fully saturated rings. The minimum Gasteiger partial charge on any atom is -0.308 e. The highest BCUT2D eigenvalue weighted by molar-refractivity contribution is 9.15. The molecule has 0 bridgehead atoms. The van der Waals surface area contributed by atoms with Crippen molar-refractivity contribution in [1.82, 2.24) is 20.3 Å². The smallest absolute Gasteiger partial charge is 0.190 e. The molecular formula is C17H18BrF3N4. The monoisotopic (exact) mass is 414 g/mol. The maximum absolute atomic E-state index is 13.8. The van der Waals surface area contributed by atoms with E-state index in [1.54, 1.807) is 0 Å². The normalized spacial score (nSPS) is 26.4. The van der Waals surface area contributed by atoms with Gasteiger partial charge in [-0.15, -0.1) is 5.10 Å². The Balaban J connectivity index is 1.47. The van der Waals surface area contributed by atoms with Crippen molar-refractivity contribution >= 4 is 26.5 Å². The maximum Gasteiger partial charge on any atom is 0.190 e. The van der Waals surface area contributed by atoms with E-state index >= 15 is 0 Å². The lowest BCUT2D eigenvalue weighted by atomic mass is 9.97. The molecule has 0 radical (unpaired) electrons. The van der Waals surface area contributed by atoms with E-state index in [2.05, 4.69) is 37.6 Å². The first-order valence-corrected chi connectivity index (χ1v) is 9.28. The molecule has 2 unspecified atom stereocenters. The first-order chi connectivity index (χ1) is 12.0. The Morgan fingerprint density at radius 3 is 2.76 bits per heavy atom. The van der Waals surface area contributed by atoms with Gasteiger partial charge in [-0.2, -0.15) is 0 Å². The van der Waals surface area contributed by atoms with Crippen LogP contribution in [0.3, 0.4) is 0 Å². The van der Waals surface area contributed by atoms with Crippen LogP contribution in [0.4, 0.5) is 13.2 Å². The lowest BCUT2D eigenvalue weighted by Gasteiger charge is -2.23. The summed E-state index contributed by atoms with van der Waals surface area (Å²) in [5, 5.41) is 13.5. The summed E-state index contributed by atoms with van der Waals surface area (Å²) in [5.41, 5.74) is 0. The van der Waals surface area contributed by atoms with Crippen LogP contribution in [0.25, 0.3) is 10.6 Å². The largest absolute Gasteiger partial charge is 0.308 e. The van der Waals surface area contributed by atoms with Gasteiger partial charge in [0.2, 0.25) is 0 Å². The summed E-state index contributed by atoms with van der Waals surface area (Å²) < 4.78 is 43.1. The van der Waals surface area contributed by atoms with Crippen molar-refractivity contribution in [3.8, 4) is 0 Å². The van der Waals surface area contributed by atoms with Gasteiger partial charge in [0.15, 0.2) is 11.7 Å². The second-order valence-electron chi connectivity index (χ2n) is 6.84. The standard InChI is InChI=1S/C17H18BrF3N4/c18-14-12(22-7-10-3-4-11(19)16(21)15(10)20)5-6-13-17(14)23-24-25(13)8-9-1-2-9/h4,6,9-10,12,22H,1-3,5,7-8H2. The Labute approximate surface area is 151 Å². The lowest BCUT2D eigenvalue weighted by Crippen LogP contribution is -2.43. The van der Waals surface area contributed by atoms with Crippen molar-refractivity contribution < 1.29 is 13.2 Å². The quantitative estimate of drug-likeness (QED) is 0.803. The lowest BCUT2D eigenvalue weighted by molar-refractivity contribution is 0.376. The van der Waals surface area contributed by atoms with Crippen molar-refractivity contribution in [2.45, 2.75) is 38.3 Å². The Bertz CT molecular complexity index is 869. The van der Waals surface area contributed by atoms with Gasteiger partial charge in [-0.05, 0) is 37.7 Å². The Kier molecular flexibility index (Phi) is 4.58. The molecule has 0 aromatic carbocycles. The molecule has 8 heteroatoms. The van der Waals surface area contributed by atoms with E-state index in [1.165, 1.54) is 12.8 Å². The van der Waals surface area contributed by atoms with Crippen LogP contribution < -0.4 is 16.0 Å². The highest BCUT2D eigenvalue weighted by atomic mass is 79.9. The summed E-state index contributed by atoms with van der Waals surface area (Å²) in [4.78, 5) is 0. The zero-order chi connectivity index (χ0) is 17.6. The fourth-order valence-corrected chi connectivity index (χ4v) is 3.86. The number of hydrogen-bond acceptors (Lipinski definition) is 3. The fraction of sp³-hybridized carbons (Fsp3) is 0.529. The maximum atomic E-state index is 13.8. The Morgan fingerprint density at radius 2 is 2.00 bits per heavy atom. The third kappa shape index (κ3) is 3.33. The Morgan fingerprint density at radius 1 is 1.20 bits per heavy atom. The molecule has 1 N–H and O–H groups in total. The molecule has 2 atom stereocenters. The molecule has 0 aliphatic heterocycles. The van der Waals surface area contributed by atoms with Gasteiger partial charge < -0.3 is 5.32 Å². The highest BCUT2D eigenvalue weighted by Gasteiger charge is 2.28. The molecule has 0 saturated heterocycles. The first-order valence-electron chi connectivity index (χ1n) is 8.48. The summed E-state index contributed by atoms with van der Waals surface area (Å²) in [5.74, 6) is -3.48. The SMILES string of the molecule is FC1=CCC(CNC2CC=c3c(nnn3CC3CC3)=C2Br)C(F)=C1F. The molecule has 1 aromatic rings. The second kappa shape index (κ2) is 6.72. The molecule has 0 amide bonds. The van der Waals surface area contributed by atoms with Crippen LogP contribution in [0.5, 0.6) is 0 Å². The van der Waals surface area contributed by atoms with E-state index in [9.17, 15) is 13.2 Å². The third-order valence-corrected chi connectivity index (χ3v) is 5.88. The number of allylic oxidation sites excluding steroid dienone is 3. The van der Waals surface area contributed by atoms with Gasteiger partial charge in [0.1, 0.15) is 11.2 Å². The van der Waals surface area contributed by atoms with Gasteiger partial charge in [-0.1, -0.05) is 27.2 Å². The van der Waals surface area contributed by atoms with E-state index < -0.39 is 23.4 Å². The number of nitrogens with one attached hydrogen (secondary N) is 1.